The van der Waals surface area contributed by atoms with Crippen LogP contribution in [-0.4, -0.2) is 25.0 Å². The Labute approximate surface area is 225 Å². The van der Waals surface area contributed by atoms with Gasteiger partial charge in [0.2, 0.25) is 0 Å². The number of urea groups is 1. The Balaban J connectivity index is 1.67. The van der Waals surface area contributed by atoms with Gasteiger partial charge in [0.1, 0.15) is 12.2 Å². The monoisotopic (exact) mass is 588 g/mol. The van der Waals surface area contributed by atoms with Gasteiger partial charge in [0.05, 0.1) is 17.8 Å². The van der Waals surface area contributed by atoms with Crippen LogP contribution in [0.3, 0.4) is 0 Å². The lowest BCUT2D eigenvalue weighted by atomic mass is 10.1. The van der Waals surface area contributed by atoms with Crippen molar-refractivity contribution >= 4 is 68.7 Å². The van der Waals surface area contributed by atoms with Gasteiger partial charge < -0.3 is 9.47 Å². The molecule has 0 unspecified atom stereocenters. The number of nitrogens with zero attached hydrogens (tertiary/aromatic N) is 1. The van der Waals surface area contributed by atoms with Crippen LogP contribution in [0.4, 0.5) is 10.5 Å². The third-order valence-electron chi connectivity index (χ3n) is 5.47. The molecule has 3 aromatic rings. The molecule has 7 nitrogen and oxygen atoms in total. The van der Waals surface area contributed by atoms with Crippen molar-refractivity contribution in [2.45, 2.75) is 13.5 Å². The van der Waals surface area contributed by atoms with E-state index in [4.69, 9.17) is 32.7 Å². The quantitative estimate of drug-likeness (QED) is 0.269. The van der Waals surface area contributed by atoms with Crippen molar-refractivity contribution in [1.29, 1.82) is 0 Å². The number of methoxy groups -OCH3 is 1. The number of halogens is 3. The fourth-order valence-corrected chi connectivity index (χ4v) is 4.45. The molecule has 1 aliphatic heterocycles. The molecule has 0 spiro atoms. The highest BCUT2D eigenvalue weighted by Crippen LogP contribution is 2.38. The Morgan fingerprint density at radius 2 is 1.78 bits per heavy atom. The van der Waals surface area contributed by atoms with E-state index in [1.54, 1.807) is 37.3 Å². The molecule has 184 valence electrons. The van der Waals surface area contributed by atoms with E-state index in [9.17, 15) is 14.4 Å². The Kier molecular flexibility index (Phi) is 7.68. The number of benzene rings is 3. The van der Waals surface area contributed by atoms with E-state index in [1.165, 1.54) is 13.2 Å². The number of nitrogens with one attached hydrogen (secondary N) is 1. The molecule has 10 heteroatoms. The molecule has 0 radical (unpaired) electrons. The van der Waals surface area contributed by atoms with Crippen LogP contribution in [0.15, 0.2) is 64.6 Å². The van der Waals surface area contributed by atoms with Crippen LogP contribution in [0.25, 0.3) is 6.08 Å². The minimum Gasteiger partial charge on any atom is -0.493 e. The van der Waals surface area contributed by atoms with Crippen LogP contribution in [0.5, 0.6) is 11.5 Å². The number of hydrogen-bond acceptors (Lipinski definition) is 5. The number of imide groups is 2. The van der Waals surface area contributed by atoms with E-state index in [0.29, 0.717) is 27.6 Å². The van der Waals surface area contributed by atoms with Crippen LogP contribution in [-0.2, 0) is 16.2 Å². The first-order chi connectivity index (χ1) is 17.2. The first-order valence-corrected chi connectivity index (χ1v) is 12.2. The second-order valence-corrected chi connectivity index (χ2v) is 9.42. The smallest absolute Gasteiger partial charge is 0.335 e. The number of ether oxygens (including phenoxy) is 2. The van der Waals surface area contributed by atoms with Crippen LogP contribution in [0.2, 0.25) is 10.0 Å². The van der Waals surface area contributed by atoms with Crippen molar-refractivity contribution in [2.75, 3.05) is 12.0 Å². The lowest BCUT2D eigenvalue weighted by Gasteiger charge is -2.27. The third-order valence-corrected chi connectivity index (χ3v) is 6.94. The average molecular weight is 590 g/mol. The molecule has 1 aliphatic rings. The highest BCUT2D eigenvalue weighted by molar-refractivity contribution is 9.10. The Bertz CT molecular complexity index is 1420. The summed E-state index contributed by atoms with van der Waals surface area (Å²) in [6.45, 7) is 1.91. The van der Waals surface area contributed by atoms with Crippen molar-refractivity contribution in [2.24, 2.45) is 0 Å². The molecule has 0 saturated carbocycles. The van der Waals surface area contributed by atoms with Crippen LogP contribution in [0, 0.1) is 6.92 Å². The summed E-state index contributed by atoms with van der Waals surface area (Å²) in [7, 11) is 1.45. The van der Waals surface area contributed by atoms with Crippen molar-refractivity contribution < 1.29 is 23.9 Å². The fourth-order valence-electron chi connectivity index (χ4n) is 3.61. The standard InChI is InChI=1S/C26H19BrCl2N2O5/c1-14-19(28)8-5-9-21(14)31-25(33)17(24(32)30-26(31)34)10-15-11-20(29)23(22(12-15)35-2)36-13-16-6-3-4-7-18(16)27/h3-12H,13H2,1-2H3,(H,30,32,34)/b17-10+. The van der Waals surface area contributed by atoms with Crippen molar-refractivity contribution in [3.63, 3.8) is 0 Å². The molecule has 0 aromatic heterocycles. The summed E-state index contributed by atoms with van der Waals surface area (Å²) >= 11 is 16.1. The fraction of sp³-hybridized carbons (Fsp3) is 0.115. The van der Waals surface area contributed by atoms with Crippen LogP contribution < -0.4 is 19.7 Å². The van der Waals surface area contributed by atoms with Crippen molar-refractivity contribution in [1.82, 2.24) is 5.32 Å². The normalized spacial score (nSPS) is 14.8. The van der Waals surface area contributed by atoms with Gasteiger partial charge in [-0.3, -0.25) is 14.9 Å². The molecular formula is C26H19BrCl2N2O5. The van der Waals surface area contributed by atoms with Gasteiger partial charge in [-0.05, 0) is 54.5 Å². The molecule has 1 saturated heterocycles. The van der Waals surface area contributed by atoms with Gasteiger partial charge in [-0.15, -0.1) is 0 Å². The third kappa shape index (κ3) is 5.11. The van der Waals surface area contributed by atoms with Crippen molar-refractivity contribution in [3.05, 3.63) is 91.4 Å². The van der Waals surface area contributed by atoms with Crippen LogP contribution in [0.1, 0.15) is 16.7 Å². The second kappa shape index (κ2) is 10.7. The predicted molar refractivity (Wildman–Crippen MR) is 142 cm³/mol. The first kappa shape index (κ1) is 25.8. The summed E-state index contributed by atoms with van der Waals surface area (Å²) in [6.07, 6.45) is 1.34. The molecule has 4 amide bonds. The van der Waals surface area contributed by atoms with Gasteiger partial charge in [0, 0.05) is 15.1 Å². The van der Waals surface area contributed by atoms with Gasteiger partial charge in [0.25, 0.3) is 11.8 Å². The van der Waals surface area contributed by atoms with Gasteiger partial charge in [-0.1, -0.05) is 63.4 Å². The summed E-state index contributed by atoms with van der Waals surface area (Å²) in [4.78, 5) is 39.2. The number of carbonyl (C=O) groups is 3. The molecule has 4 rings (SSSR count). The maximum absolute atomic E-state index is 13.3. The van der Waals surface area contributed by atoms with E-state index in [1.807, 2.05) is 24.3 Å². The lowest BCUT2D eigenvalue weighted by molar-refractivity contribution is -0.122. The minimum absolute atomic E-state index is 0.218. The topological polar surface area (TPSA) is 84.9 Å². The zero-order chi connectivity index (χ0) is 26.0. The van der Waals surface area contributed by atoms with E-state index in [-0.39, 0.29) is 22.9 Å². The molecule has 0 bridgehead atoms. The summed E-state index contributed by atoms with van der Waals surface area (Å²) in [5.74, 6) is -1.00. The van der Waals surface area contributed by atoms with Gasteiger partial charge >= 0.3 is 6.03 Å². The predicted octanol–water partition coefficient (Wildman–Crippen LogP) is 6.32. The van der Waals surface area contributed by atoms with Crippen molar-refractivity contribution in [3.8, 4) is 11.5 Å². The summed E-state index contributed by atoms with van der Waals surface area (Å²) in [6, 6.07) is 14.7. The molecule has 1 N–H and O–H groups in total. The van der Waals surface area contributed by atoms with E-state index < -0.39 is 17.8 Å². The first-order valence-electron chi connectivity index (χ1n) is 10.6. The second-order valence-electron chi connectivity index (χ2n) is 7.76. The Hall–Kier alpha value is -3.33. The molecule has 0 aliphatic carbocycles. The maximum atomic E-state index is 13.3. The Morgan fingerprint density at radius 3 is 2.50 bits per heavy atom. The maximum Gasteiger partial charge on any atom is 0.335 e. The molecule has 1 heterocycles. The van der Waals surface area contributed by atoms with Gasteiger partial charge in [-0.25, -0.2) is 9.69 Å². The Morgan fingerprint density at radius 1 is 1.03 bits per heavy atom. The SMILES string of the molecule is COc1cc(/C=C2\C(=O)NC(=O)N(c3cccc(Cl)c3C)C2=O)cc(Cl)c1OCc1ccccc1Br. The zero-order valence-electron chi connectivity index (χ0n) is 19.1. The molecule has 3 aromatic carbocycles. The number of anilines is 1. The zero-order valence-corrected chi connectivity index (χ0v) is 22.2. The minimum atomic E-state index is -0.862. The molecule has 0 atom stereocenters. The number of rotatable bonds is 6. The summed E-state index contributed by atoms with van der Waals surface area (Å²) < 4.78 is 12.2. The summed E-state index contributed by atoms with van der Waals surface area (Å²) in [5, 5.41) is 2.79. The lowest BCUT2D eigenvalue weighted by Crippen LogP contribution is -2.54. The number of hydrogen-bond donors (Lipinski definition) is 1. The highest BCUT2D eigenvalue weighted by atomic mass is 79.9. The number of amides is 4. The highest BCUT2D eigenvalue weighted by Gasteiger charge is 2.37. The number of barbiturate groups is 1. The number of carbonyl (C=O) groups excluding carboxylic acids is 3. The van der Waals surface area contributed by atoms with Gasteiger partial charge in [0.15, 0.2) is 11.5 Å². The summed E-state index contributed by atoms with van der Waals surface area (Å²) in [5.41, 5.74) is 1.85. The van der Waals surface area contributed by atoms with Crippen LogP contribution >= 0.6 is 39.1 Å². The van der Waals surface area contributed by atoms with E-state index in [0.717, 1.165) is 14.9 Å². The van der Waals surface area contributed by atoms with E-state index >= 15 is 0 Å². The largest absolute Gasteiger partial charge is 0.493 e. The van der Waals surface area contributed by atoms with E-state index in [2.05, 4.69) is 21.2 Å². The van der Waals surface area contributed by atoms with Gasteiger partial charge in [-0.2, -0.15) is 0 Å². The molecule has 1 fully saturated rings. The molecule has 36 heavy (non-hydrogen) atoms. The molecular weight excluding hydrogens is 571 g/mol. The average Bonchev–Trinajstić information content (AvgIpc) is 2.84.